The number of nitrogens with zero attached hydrogens (tertiary/aromatic N) is 4. The van der Waals surface area contributed by atoms with Crippen molar-refractivity contribution in [2.45, 2.75) is 52.1 Å². The molecular weight excluding hydrogens is 434 g/mol. The van der Waals surface area contributed by atoms with Crippen LogP contribution in [0.1, 0.15) is 51.0 Å². The summed E-state index contributed by atoms with van der Waals surface area (Å²) in [6.45, 7) is 15.8. The number of hydrogen-bond donors (Lipinski definition) is 1. The van der Waals surface area contributed by atoms with Gasteiger partial charge in [-0.05, 0) is 63.3 Å². The zero-order valence-corrected chi connectivity index (χ0v) is 21.5. The van der Waals surface area contributed by atoms with Crippen LogP contribution in [-0.4, -0.2) is 78.3 Å². The first-order chi connectivity index (χ1) is 17.1. The highest BCUT2D eigenvalue weighted by Gasteiger charge is 2.32. The van der Waals surface area contributed by atoms with Crippen molar-refractivity contribution < 1.29 is 6.16 Å². The van der Waals surface area contributed by atoms with Crippen molar-refractivity contribution in [3.8, 4) is 11.3 Å². The van der Waals surface area contributed by atoms with Crippen LogP contribution in [0.4, 0.5) is 5.69 Å². The van der Waals surface area contributed by atoms with Crippen LogP contribution in [0.15, 0.2) is 30.3 Å². The minimum absolute atomic E-state index is 0. The largest absolute Gasteiger partial charge is 0.379 e. The molecule has 3 fully saturated rings. The van der Waals surface area contributed by atoms with E-state index in [0.717, 1.165) is 70.4 Å². The minimum atomic E-state index is 0. The molecule has 3 aliphatic rings. The fourth-order valence-corrected chi connectivity index (χ4v) is 5.89. The lowest BCUT2D eigenvalue weighted by molar-refractivity contribution is 0.0336. The predicted molar refractivity (Wildman–Crippen MR) is 145 cm³/mol. The number of fused-ring (bicyclic) bond motifs is 1. The molecule has 6 rings (SSSR count). The van der Waals surface area contributed by atoms with Crippen molar-refractivity contribution in [1.82, 2.24) is 19.8 Å². The molecule has 1 N–H and O–H groups in total. The lowest BCUT2D eigenvalue weighted by Crippen LogP contribution is -2.48. The Balaban J connectivity index is 0.00000267. The van der Waals surface area contributed by atoms with Crippen LogP contribution in [0.3, 0.4) is 0 Å². The zero-order valence-electron chi connectivity index (χ0n) is 21.5. The lowest BCUT2D eigenvalue weighted by atomic mass is 9.99. The molecule has 4 heterocycles. The smallest absolute Gasteiger partial charge is 0.0801 e. The van der Waals surface area contributed by atoms with Crippen LogP contribution in [0.2, 0.25) is 0 Å². The highest BCUT2D eigenvalue weighted by Crippen LogP contribution is 2.47. The van der Waals surface area contributed by atoms with Gasteiger partial charge in [0.05, 0.1) is 18.9 Å². The third-order valence-electron chi connectivity index (χ3n) is 8.05. The first kappa shape index (κ1) is 23.0. The van der Waals surface area contributed by atoms with Gasteiger partial charge >= 0.3 is 0 Å². The molecule has 2 aliphatic heterocycles. The second-order valence-corrected chi connectivity index (χ2v) is 10.9. The zero-order chi connectivity index (χ0) is 23.9. The maximum Gasteiger partial charge on any atom is 0.0801 e. The van der Waals surface area contributed by atoms with E-state index in [4.69, 9.17) is 9.72 Å². The van der Waals surface area contributed by atoms with E-state index in [2.05, 4.69) is 70.8 Å². The summed E-state index contributed by atoms with van der Waals surface area (Å²) < 4.78 is 5.58. The summed E-state index contributed by atoms with van der Waals surface area (Å²) in [5, 5.41) is 1.35. The van der Waals surface area contributed by atoms with E-state index in [1.165, 1.54) is 46.3 Å². The Labute approximate surface area is 210 Å². The highest BCUT2D eigenvalue weighted by molar-refractivity contribution is 5.97. The van der Waals surface area contributed by atoms with Gasteiger partial charge in [-0.25, -0.2) is 0 Å². The Morgan fingerprint density at radius 2 is 1.74 bits per heavy atom. The van der Waals surface area contributed by atoms with Gasteiger partial charge in [-0.15, -0.1) is 0 Å². The molecule has 2 saturated heterocycles. The first-order valence-electron chi connectivity index (χ1n) is 13.5. The number of morpholine rings is 1. The van der Waals surface area contributed by atoms with Gasteiger partial charge in [-0.3, -0.25) is 14.8 Å². The summed E-state index contributed by atoms with van der Waals surface area (Å²) in [6.07, 6.45) is 2.58. The average molecular weight is 476 g/mol. The molecule has 2 aromatic heterocycles. The average Bonchev–Trinajstić information content (AvgIpc) is 3.65. The number of nitrogens with one attached hydrogen (secondary N) is 1. The number of aryl methyl sites for hydroxylation is 1. The number of aromatic nitrogens is 2. The number of aromatic amines is 1. The van der Waals surface area contributed by atoms with Crippen LogP contribution >= 0.6 is 0 Å². The van der Waals surface area contributed by atoms with Crippen LogP contribution in [0.25, 0.3) is 22.2 Å². The van der Waals surface area contributed by atoms with Gasteiger partial charge in [0.2, 0.25) is 0 Å². The van der Waals surface area contributed by atoms with Crippen molar-refractivity contribution in [1.29, 1.82) is 0 Å². The molecular formula is C29H41N5O. The molecule has 0 spiro atoms. The fourth-order valence-electron chi connectivity index (χ4n) is 5.89. The number of rotatable bonds is 6. The van der Waals surface area contributed by atoms with Gasteiger partial charge in [0.1, 0.15) is 0 Å². The van der Waals surface area contributed by atoms with E-state index in [1.807, 2.05) is 0 Å². The molecule has 3 aromatic rings. The number of benzene rings is 1. The van der Waals surface area contributed by atoms with Gasteiger partial charge in [0.15, 0.2) is 0 Å². The Morgan fingerprint density at radius 3 is 2.40 bits per heavy atom. The van der Waals surface area contributed by atoms with Gasteiger partial charge in [0, 0.05) is 86.8 Å². The minimum Gasteiger partial charge on any atom is -0.379 e. The molecule has 1 saturated carbocycles. The second kappa shape index (κ2) is 9.57. The molecule has 1 aliphatic carbocycles. The van der Waals surface area contributed by atoms with E-state index in [0.29, 0.717) is 12.0 Å². The Morgan fingerprint density at radius 1 is 1.03 bits per heavy atom. The number of hydrogen-bond acceptors (Lipinski definition) is 5. The molecule has 6 nitrogen and oxygen atoms in total. The SMILES string of the molecule is Cc1cc2[nH]c(CN3CCOCC3)c(C3CC3)c2c(-c2ccc(N3CCN(C(C)C)CC3)cc2)n1.[HH]. The summed E-state index contributed by atoms with van der Waals surface area (Å²) in [7, 11) is 0. The Bertz CT molecular complexity index is 1170. The van der Waals surface area contributed by atoms with Gasteiger partial charge in [-0.1, -0.05) is 12.1 Å². The van der Waals surface area contributed by atoms with Crippen molar-refractivity contribution in [3.05, 3.63) is 47.3 Å². The maximum atomic E-state index is 5.58. The molecule has 188 valence electrons. The summed E-state index contributed by atoms with van der Waals surface area (Å²) in [6, 6.07) is 12.0. The van der Waals surface area contributed by atoms with Gasteiger partial charge < -0.3 is 14.6 Å². The Hall–Kier alpha value is -2.41. The van der Waals surface area contributed by atoms with Crippen molar-refractivity contribution in [2.24, 2.45) is 0 Å². The number of H-pyrrole nitrogens is 1. The maximum absolute atomic E-state index is 5.58. The van der Waals surface area contributed by atoms with Crippen molar-refractivity contribution >= 4 is 16.6 Å². The quantitative estimate of drug-likeness (QED) is 0.542. The third-order valence-corrected chi connectivity index (χ3v) is 8.05. The van der Waals surface area contributed by atoms with E-state index >= 15 is 0 Å². The molecule has 0 amide bonds. The predicted octanol–water partition coefficient (Wildman–Crippen LogP) is 5.02. The van der Waals surface area contributed by atoms with Gasteiger partial charge in [0.25, 0.3) is 0 Å². The standard InChI is InChI=1S/C29H39N5O.H2/c1-20(2)33-10-12-34(13-11-33)24-8-6-23(7-9-24)29-28-25(18-21(3)30-29)31-26(27(28)22-4-5-22)19-32-14-16-35-17-15-32;/h6-9,18,20,22,31H,4-5,10-17,19H2,1-3H3;1H. The Kier molecular flexibility index (Phi) is 6.29. The molecule has 0 radical (unpaired) electrons. The molecule has 0 unspecified atom stereocenters. The van der Waals surface area contributed by atoms with Crippen LogP contribution < -0.4 is 4.90 Å². The number of piperazine rings is 1. The molecule has 0 atom stereocenters. The van der Waals surface area contributed by atoms with Gasteiger partial charge in [-0.2, -0.15) is 0 Å². The third kappa shape index (κ3) is 4.72. The molecule has 35 heavy (non-hydrogen) atoms. The number of pyridine rings is 1. The molecule has 6 heteroatoms. The first-order valence-corrected chi connectivity index (χ1v) is 13.5. The van der Waals surface area contributed by atoms with E-state index in [-0.39, 0.29) is 1.43 Å². The summed E-state index contributed by atoms with van der Waals surface area (Å²) in [5.74, 6) is 0.666. The summed E-state index contributed by atoms with van der Waals surface area (Å²) >= 11 is 0. The van der Waals surface area contributed by atoms with Crippen LogP contribution in [-0.2, 0) is 11.3 Å². The van der Waals surface area contributed by atoms with E-state index in [9.17, 15) is 0 Å². The number of ether oxygens (including phenoxy) is 1. The number of anilines is 1. The van der Waals surface area contributed by atoms with Crippen LogP contribution in [0, 0.1) is 6.92 Å². The monoisotopic (exact) mass is 475 g/mol. The normalized spacial score (nSPS) is 20.3. The lowest BCUT2D eigenvalue weighted by Gasteiger charge is -2.38. The second-order valence-electron chi connectivity index (χ2n) is 10.9. The topological polar surface area (TPSA) is 47.6 Å². The van der Waals surface area contributed by atoms with Crippen molar-refractivity contribution in [3.63, 3.8) is 0 Å². The van der Waals surface area contributed by atoms with Crippen molar-refractivity contribution in [2.75, 3.05) is 57.4 Å². The van der Waals surface area contributed by atoms with E-state index in [1.54, 1.807) is 0 Å². The molecule has 1 aromatic carbocycles. The summed E-state index contributed by atoms with van der Waals surface area (Å²) in [5.41, 5.74) is 8.91. The fraction of sp³-hybridized carbons (Fsp3) is 0.552. The highest BCUT2D eigenvalue weighted by atomic mass is 16.5. The van der Waals surface area contributed by atoms with E-state index < -0.39 is 0 Å². The summed E-state index contributed by atoms with van der Waals surface area (Å²) in [4.78, 5) is 16.5. The van der Waals surface area contributed by atoms with Crippen LogP contribution in [0.5, 0.6) is 0 Å². The molecule has 0 bridgehead atoms.